The van der Waals surface area contributed by atoms with E-state index >= 15 is 0 Å². The van der Waals surface area contributed by atoms with Crippen molar-refractivity contribution >= 4 is 0 Å². The molecular formula is C7H10FN. The van der Waals surface area contributed by atoms with Gasteiger partial charge in [-0.25, -0.2) is 4.39 Å². The van der Waals surface area contributed by atoms with Gasteiger partial charge in [0.2, 0.25) is 0 Å². The molecule has 0 aromatic carbocycles. The van der Waals surface area contributed by atoms with Crippen molar-refractivity contribution in [1.82, 2.24) is 0 Å². The van der Waals surface area contributed by atoms with Gasteiger partial charge < -0.3 is 5.73 Å². The lowest BCUT2D eigenvalue weighted by Crippen LogP contribution is -2.05. The monoisotopic (exact) mass is 127 g/mol. The van der Waals surface area contributed by atoms with Crippen LogP contribution in [0.4, 0.5) is 4.39 Å². The van der Waals surface area contributed by atoms with Gasteiger partial charge >= 0.3 is 0 Å². The van der Waals surface area contributed by atoms with Gasteiger partial charge in [-0.15, -0.1) is 0 Å². The highest BCUT2D eigenvalue weighted by molar-refractivity contribution is 5.28. The lowest BCUT2D eigenvalue weighted by Gasteiger charge is -2.05. The van der Waals surface area contributed by atoms with Crippen molar-refractivity contribution in [2.75, 3.05) is 6.54 Å². The van der Waals surface area contributed by atoms with Gasteiger partial charge in [0.15, 0.2) is 0 Å². The molecule has 0 saturated heterocycles. The number of halogens is 1. The average molecular weight is 127 g/mol. The van der Waals surface area contributed by atoms with Crippen molar-refractivity contribution in [1.29, 1.82) is 0 Å². The topological polar surface area (TPSA) is 26.0 Å². The second-order valence-corrected chi connectivity index (χ2v) is 2.06. The lowest BCUT2D eigenvalue weighted by atomic mass is 10.1. The maximum absolute atomic E-state index is 12.6. The second-order valence-electron chi connectivity index (χ2n) is 2.06. The van der Waals surface area contributed by atoms with Crippen LogP contribution in [0.3, 0.4) is 0 Å². The number of rotatable bonds is 1. The van der Waals surface area contributed by atoms with Gasteiger partial charge in [0.25, 0.3) is 0 Å². The maximum atomic E-state index is 12.6. The molecule has 0 saturated carbocycles. The van der Waals surface area contributed by atoms with Crippen LogP contribution < -0.4 is 5.73 Å². The Labute approximate surface area is 54.0 Å². The Morgan fingerprint density at radius 1 is 1.44 bits per heavy atom. The predicted octanol–water partition coefficient (Wildman–Crippen LogP) is 1.52. The largest absolute Gasteiger partial charge is 0.326 e. The van der Waals surface area contributed by atoms with E-state index in [1.54, 1.807) is 6.08 Å². The molecule has 0 atom stereocenters. The molecule has 1 rings (SSSR count). The molecule has 2 heteroatoms. The van der Waals surface area contributed by atoms with Crippen molar-refractivity contribution in [3.8, 4) is 0 Å². The highest BCUT2D eigenvalue weighted by Crippen LogP contribution is 2.17. The molecule has 50 valence electrons. The first kappa shape index (κ1) is 6.49. The van der Waals surface area contributed by atoms with E-state index in [-0.39, 0.29) is 5.83 Å². The van der Waals surface area contributed by atoms with E-state index in [9.17, 15) is 4.39 Å². The summed E-state index contributed by atoms with van der Waals surface area (Å²) in [5.41, 5.74) is 5.90. The molecule has 0 aliphatic heterocycles. The highest BCUT2D eigenvalue weighted by Gasteiger charge is 2.04. The first-order valence-electron chi connectivity index (χ1n) is 3.09. The Balaban J connectivity index is 2.68. The summed E-state index contributed by atoms with van der Waals surface area (Å²) in [7, 11) is 0. The van der Waals surface area contributed by atoms with E-state index in [4.69, 9.17) is 5.73 Å². The van der Waals surface area contributed by atoms with Crippen LogP contribution in [0.1, 0.15) is 12.8 Å². The van der Waals surface area contributed by atoms with Crippen LogP contribution in [0.5, 0.6) is 0 Å². The van der Waals surface area contributed by atoms with Gasteiger partial charge in [-0.1, -0.05) is 6.08 Å². The summed E-state index contributed by atoms with van der Waals surface area (Å²) in [5.74, 6) is -0.135. The zero-order valence-corrected chi connectivity index (χ0v) is 5.23. The van der Waals surface area contributed by atoms with Crippen LogP contribution >= 0.6 is 0 Å². The van der Waals surface area contributed by atoms with Crippen LogP contribution in [0.2, 0.25) is 0 Å². The molecule has 0 unspecified atom stereocenters. The molecule has 2 N–H and O–H groups in total. The third kappa shape index (κ3) is 1.39. The minimum atomic E-state index is -0.135. The van der Waals surface area contributed by atoms with Crippen molar-refractivity contribution in [2.45, 2.75) is 12.8 Å². The molecule has 1 nitrogen and oxygen atoms in total. The summed E-state index contributed by atoms with van der Waals surface area (Å²) in [6, 6.07) is 0. The summed E-state index contributed by atoms with van der Waals surface area (Å²) in [6.45, 7) is 0.322. The highest BCUT2D eigenvalue weighted by atomic mass is 19.1. The minimum Gasteiger partial charge on any atom is -0.326 e. The summed E-state index contributed by atoms with van der Waals surface area (Å²) in [6.07, 6.45) is 5.19. The van der Waals surface area contributed by atoms with Gasteiger partial charge in [-0.05, 0) is 24.5 Å². The quantitative estimate of drug-likeness (QED) is 0.567. The molecule has 1 aliphatic rings. The van der Waals surface area contributed by atoms with E-state index in [2.05, 4.69) is 0 Å². The third-order valence-corrected chi connectivity index (χ3v) is 1.41. The van der Waals surface area contributed by atoms with E-state index < -0.39 is 0 Å². The molecule has 0 bridgehead atoms. The fourth-order valence-electron chi connectivity index (χ4n) is 0.877. The molecular weight excluding hydrogens is 117 g/mol. The Bertz CT molecular complexity index is 158. The number of allylic oxidation sites excluding steroid dienone is 2. The first-order valence-corrected chi connectivity index (χ1v) is 3.09. The van der Waals surface area contributed by atoms with E-state index in [1.165, 1.54) is 0 Å². The van der Waals surface area contributed by atoms with E-state index in [0.717, 1.165) is 12.8 Å². The summed E-state index contributed by atoms with van der Waals surface area (Å²) in [5, 5.41) is 0. The minimum absolute atomic E-state index is 0.135. The SMILES string of the molecule is NCC1=CCCC=C1F. The normalized spacial score (nSPS) is 18.9. The van der Waals surface area contributed by atoms with E-state index in [1.807, 2.05) is 6.08 Å². The summed E-state index contributed by atoms with van der Waals surface area (Å²) in [4.78, 5) is 0. The molecule has 0 aromatic heterocycles. The molecule has 0 heterocycles. The second kappa shape index (κ2) is 2.78. The lowest BCUT2D eigenvalue weighted by molar-refractivity contribution is 0.630. The Kier molecular flexibility index (Phi) is 2.01. The Hall–Kier alpha value is -0.630. The Morgan fingerprint density at radius 2 is 2.11 bits per heavy atom. The maximum Gasteiger partial charge on any atom is 0.123 e. The van der Waals surface area contributed by atoms with Crippen molar-refractivity contribution in [3.63, 3.8) is 0 Å². The molecule has 0 fully saturated rings. The van der Waals surface area contributed by atoms with Crippen molar-refractivity contribution < 1.29 is 4.39 Å². The van der Waals surface area contributed by atoms with Gasteiger partial charge in [-0.3, -0.25) is 0 Å². The molecule has 0 radical (unpaired) electrons. The van der Waals surface area contributed by atoms with Crippen molar-refractivity contribution in [3.05, 3.63) is 23.6 Å². The molecule has 9 heavy (non-hydrogen) atoms. The Morgan fingerprint density at radius 3 is 2.56 bits per heavy atom. The molecule has 1 aliphatic carbocycles. The van der Waals surface area contributed by atoms with Crippen LogP contribution in [-0.2, 0) is 0 Å². The predicted molar refractivity (Wildman–Crippen MR) is 35.6 cm³/mol. The van der Waals surface area contributed by atoms with Crippen LogP contribution in [0.25, 0.3) is 0 Å². The van der Waals surface area contributed by atoms with Crippen LogP contribution in [0, 0.1) is 0 Å². The zero-order chi connectivity index (χ0) is 6.69. The standard InChI is InChI=1S/C7H10FN/c8-7-4-2-1-3-6(7)5-9/h3-4H,1-2,5,9H2. The van der Waals surface area contributed by atoms with E-state index in [0.29, 0.717) is 12.1 Å². The number of hydrogen-bond acceptors (Lipinski definition) is 1. The number of hydrogen-bond donors (Lipinski definition) is 1. The zero-order valence-electron chi connectivity index (χ0n) is 5.23. The summed E-state index contributed by atoms with van der Waals surface area (Å²) >= 11 is 0. The fraction of sp³-hybridized carbons (Fsp3) is 0.429. The summed E-state index contributed by atoms with van der Waals surface area (Å²) < 4.78 is 12.6. The van der Waals surface area contributed by atoms with Gasteiger partial charge in [-0.2, -0.15) is 0 Å². The fourth-order valence-corrected chi connectivity index (χ4v) is 0.877. The third-order valence-electron chi connectivity index (χ3n) is 1.41. The van der Waals surface area contributed by atoms with Gasteiger partial charge in [0.1, 0.15) is 5.83 Å². The van der Waals surface area contributed by atoms with Crippen LogP contribution in [0.15, 0.2) is 23.6 Å². The smallest absolute Gasteiger partial charge is 0.123 e. The van der Waals surface area contributed by atoms with Gasteiger partial charge in [0.05, 0.1) is 0 Å². The number of nitrogens with two attached hydrogens (primary N) is 1. The van der Waals surface area contributed by atoms with Crippen LogP contribution in [-0.4, -0.2) is 6.54 Å². The van der Waals surface area contributed by atoms with Gasteiger partial charge in [0, 0.05) is 6.54 Å². The molecule has 0 spiro atoms. The molecule has 0 amide bonds. The molecule has 0 aromatic rings. The van der Waals surface area contributed by atoms with Crippen molar-refractivity contribution in [2.24, 2.45) is 5.73 Å². The first-order chi connectivity index (χ1) is 4.34. The average Bonchev–Trinajstić information content (AvgIpc) is 1.89.